The molecule has 102 valence electrons. The zero-order valence-corrected chi connectivity index (χ0v) is 11.8. The molecule has 5 heteroatoms. The van der Waals surface area contributed by atoms with Gasteiger partial charge in [0.25, 0.3) is 5.91 Å². The van der Waals surface area contributed by atoms with Crippen LogP contribution < -0.4 is 5.73 Å². The average molecular weight is 278 g/mol. The van der Waals surface area contributed by atoms with Gasteiger partial charge in [0, 0.05) is 20.2 Å². The Kier molecular flexibility index (Phi) is 4.97. The molecule has 1 aliphatic rings. The summed E-state index contributed by atoms with van der Waals surface area (Å²) in [6.45, 7) is 1.82. The fourth-order valence-electron chi connectivity index (χ4n) is 2.13. The number of hydrogen-bond donors (Lipinski definition) is 1. The SMILES string of the molecule is COC1CCCN(C(=O)c2ccc(C#CCN)s2)C1. The van der Waals surface area contributed by atoms with E-state index in [0.717, 1.165) is 29.1 Å². The Labute approximate surface area is 117 Å². The first-order valence-electron chi connectivity index (χ1n) is 6.35. The zero-order chi connectivity index (χ0) is 13.7. The maximum absolute atomic E-state index is 12.4. The van der Waals surface area contributed by atoms with Crippen LogP contribution in [0, 0.1) is 11.8 Å². The molecule has 0 saturated carbocycles. The molecule has 1 aromatic heterocycles. The van der Waals surface area contributed by atoms with Crippen molar-refractivity contribution in [2.75, 3.05) is 26.7 Å². The largest absolute Gasteiger partial charge is 0.380 e. The van der Waals surface area contributed by atoms with Crippen LogP contribution in [0.2, 0.25) is 0 Å². The van der Waals surface area contributed by atoms with Crippen LogP contribution in [0.1, 0.15) is 27.4 Å². The van der Waals surface area contributed by atoms with Gasteiger partial charge >= 0.3 is 0 Å². The predicted molar refractivity (Wildman–Crippen MR) is 76.2 cm³/mol. The highest BCUT2D eigenvalue weighted by atomic mass is 32.1. The van der Waals surface area contributed by atoms with Crippen LogP contribution in [0.5, 0.6) is 0 Å². The number of amides is 1. The minimum atomic E-state index is 0.0764. The molecule has 1 saturated heterocycles. The van der Waals surface area contributed by atoms with E-state index >= 15 is 0 Å². The van der Waals surface area contributed by atoms with Crippen LogP contribution in [0.4, 0.5) is 0 Å². The van der Waals surface area contributed by atoms with E-state index in [1.54, 1.807) is 7.11 Å². The minimum Gasteiger partial charge on any atom is -0.380 e. The van der Waals surface area contributed by atoms with Gasteiger partial charge in [-0.25, -0.2) is 0 Å². The molecule has 2 N–H and O–H groups in total. The summed E-state index contributed by atoms with van der Waals surface area (Å²) in [5, 5.41) is 0. The van der Waals surface area contributed by atoms with Crippen LogP contribution >= 0.6 is 11.3 Å². The van der Waals surface area contributed by atoms with Gasteiger partial charge in [-0.05, 0) is 25.0 Å². The number of nitrogens with two attached hydrogens (primary N) is 1. The van der Waals surface area contributed by atoms with E-state index in [0.29, 0.717) is 13.1 Å². The number of carbonyl (C=O) groups excluding carboxylic acids is 1. The van der Waals surface area contributed by atoms with Gasteiger partial charge in [0.1, 0.15) is 0 Å². The minimum absolute atomic E-state index is 0.0764. The third kappa shape index (κ3) is 3.57. The molecule has 2 rings (SSSR count). The summed E-state index contributed by atoms with van der Waals surface area (Å²) in [6, 6.07) is 3.71. The number of methoxy groups -OCH3 is 1. The van der Waals surface area contributed by atoms with Crippen molar-refractivity contribution < 1.29 is 9.53 Å². The van der Waals surface area contributed by atoms with Gasteiger partial charge < -0.3 is 15.4 Å². The highest BCUT2D eigenvalue weighted by Crippen LogP contribution is 2.20. The normalized spacial score (nSPS) is 18.8. The van der Waals surface area contributed by atoms with Crippen LogP contribution in [0.15, 0.2) is 12.1 Å². The van der Waals surface area contributed by atoms with Crippen molar-refractivity contribution in [1.82, 2.24) is 4.90 Å². The number of hydrogen-bond acceptors (Lipinski definition) is 4. The Morgan fingerprint density at radius 1 is 1.63 bits per heavy atom. The standard InChI is InChI=1S/C14H18N2O2S/c1-18-11-4-3-9-16(10-11)14(17)13-7-6-12(19-13)5-2-8-15/h6-7,11H,3-4,8-10,15H2,1H3. The molecule has 4 nitrogen and oxygen atoms in total. The van der Waals surface area contributed by atoms with Crippen LogP contribution in [0.3, 0.4) is 0 Å². The maximum Gasteiger partial charge on any atom is 0.264 e. The molecule has 0 spiro atoms. The third-order valence-electron chi connectivity index (χ3n) is 3.13. The summed E-state index contributed by atoms with van der Waals surface area (Å²) in [5.74, 6) is 5.82. The van der Waals surface area contributed by atoms with E-state index in [-0.39, 0.29) is 12.0 Å². The van der Waals surface area contributed by atoms with Crippen molar-refractivity contribution >= 4 is 17.2 Å². The summed E-state index contributed by atoms with van der Waals surface area (Å²) < 4.78 is 5.34. The fraction of sp³-hybridized carbons (Fsp3) is 0.500. The second-order valence-corrected chi connectivity index (χ2v) is 5.50. The van der Waals surface area contributed by atoms with Crippen LogP contribution in [0.25, 0.3) is 0 Å². The molecule has 1 unspecified atom stereocenters. The summed E-state index contributed by atoms with van der Waals surface area (Å²) in [6.07, 6.45) is 2.18. The molecule has 19 heavy (non-hydrogen) atoms. The quantitative estimate of drug-likeness (QED) is 0.830. The lowest BCUT2D eigenvalue weighted by molar-refractivity contribution is 0.0271. The van der Waals surface area contributed by atoms with E-state index in [9.17, 15) is 4.79 Å². The van der Waals surface area contributed by atoms with E-state index < -0.39 is 0 Å². The summed E-state index contributed by atoms with van der Waals surface area (Å²) in [7, 11) is 1.70. The Morgan fingerprint density at radius 2 is 2.47 bits per heavy atom. The molecule has 0 radical (unpaired) electrons. The Hall–Kier alpha value is -1.35. The highest BCUT2D eigenvalue weighted by Gasteiger charge is 2.24. The summed E-state index contributed by atoms with van der Waals surface area (Å²) in [4.78, 5) is 15.8. The molecule has 2 heterocycles. The van der Waals surface area contributed by atoms with Gasteiger partial charge in [0.15, 0.2) is 0 Å². The lowest BCUT2D eigenvalue weighted by Crippen LogP contribution is -2.42. The molecule has 1 atom stereocenters. The average Bonchev–Trinajstić information content (AvgIpc) is 2.93. The predicted octanol–water partition coefficient (Wildman–Crippen LogP) is 1.31. The van der Waals surface area contributed by atoms with Gasteiger partial charge in [-0.1, -0.05) is 11.8 Å². The van der Waals surface area contributed by atoms with E-state index in [4.69, 9.17) is 10.5 Å². The van der Waals surface area contributed by atoms with Crippen molar-refractivity contribution in [2.24, 2.45) is 5.73 Å². The maximum atomic E-state index is 12.4. The van der Waals surface area contributed by atoms with E-state index in [1.165, 1.54) is 11.3 Å². The van der Waals surface area contributed by atoms with Crippen molar-refractivity contribution in [3.8, 4) is 11.8 Å². The van der Waals surface area contributed by atoms with Crippen molar-refractivity contribution in [1.29, 1.82) is 0 Å². The number of nitrogens with zero attached hydrogens (tertiary/aromatic N) is 1. The lowest BCUT2D eigenvalue weighted by Gasteiger charge is -2.31. The second-order valence-electron chi connectivity index (χ2n) is 4.42. The second kappa shape index (κ2) is 6.71. The summed E-state index contributed by atoms with van der Waals surface area (Å²) >= 11 is 1.42. The molecule has 0 bridgehead atoms. The molecule has 1 aromatic rings. The number of likely N-dealkylation sites (tertiary alicyclic amines) is 1. The van der Waals surface area contributed by atoms with Crippen molar-refractivity contribution in [3.05, 3.63) is 21.9 Å². The lowest BCUT2D eigenvalue weighted by atomic mass is 10.1. The first-order valence-corrected chi connectivity index (χ1v) is 7.17. The molecular weight excluding hydrogens is 260 g/mol. The van der Waals surface area contributed by atoms with E-state index in [2.05, 4.69) is 11.8 Å². The van der Waals surface area contributed by atoms with Crippen molar-refractivity contribution in [2.45, 2.75) is 18.9 Å². The third-order valence-corrected chi connectivity index (χ3v) is 4.12. The molecule has 0 aromatic carbocycles. The van der Waals surface area contributed by atoms with Crippen molar-refractivity contribution in [3.63, 3.8) is 0 Å². The van der Waals surface area contributed by atoms with Gasteiger partial charge in [0.2, 0.25) is 0 Å². The molecule has 0 aliphatic carbocycles. The van der Waals surface area contributed by atoms with E-state index in [1.807, 2.05) is 17.0 Å². The van der Waals surface area contributed by atoms with Crippen LogP contribution in [-0.2, 0) is 4.74 Å². The number of thiophene rings is 1. The van der Waals surface area contributed by atoms with Gasteiger partial charge in [-0.15, -0.1) is 11.3 Å². The Bertz CT molecular complexity index is 501. The molecule has 1 amide bonds. The Morgan fingerprint density at radius 3 is 3.21 bits per heavy atom. The first-order chi connectivity index (χ1) is 9.24. The topological polar surface area (TPSA) is 55.6 Å². The number of ether oxygens (including phenoxy) is 1. The first kappa shape index (κ1) is 14.1. The highest BCUT2D eigenvalue weighted by molar-refractivity contribution is 7.14. The Balaban J connectivity index is 2.04. The smallest absolute Gasteiger partial charge is 0.264 e. The van der Waals surface area contributed by atoms with Gasteiger partial charge in [-0.3, -0.25) is 4.79 Å². The summed E-state index contributed by atoms with van der Waals surface area (Å²) in [5.41, 5.74) is 5.33. The number of carbonyl (C=O) groups is 1. The molecule has 1 aliphatic heterocycles. The van der Waals surface area contributed by atoms with Gasteiger partial charge in [0.05, 0.1) is 22.4 Å². The molecule has 1 fully saturated rings. The zero-order valence-electron chi connectivity index (χ0n) is 11.0. The molecular formula is C14H18N2O2S. The number of rotatable bonds is 2. The van der Waals surface area contributed by atoms with Crippen LogP contribution in [-0.4, -0.2) is 43.7 Å². The fourth-order valence-corrected chi connectivity index (χ4v) is 2.98. The van der Waals surface area contributed by atoms with Gasteiger partial charge in [-0.2, -0.15) is 0 Å². The monoisotopic (exact) mass is 278 g/mol. The number of piperidine rings is 1.